The van der Waals surface area contributed by atoms with E-state index >= 15 is 0 Å². The maximum absolute atomic E-state index is 13.3. The van der Waals surface area contributed by atoms with Gasteiger partial charge in [-0.15, -0.1) is 0 Å². The summed E-state index contributed by atoms with van der Waals surface area (Å²) in [7, 11) is 1.59. The third-order valence-corrected chi connectivity index (χ3v) is 4.32. The molecule has 0 heterocycles. The van der Waals surface area contributed by atoms with Crippen LogP contribution in [0.15, 0.2) is 18.2 Å². The molecule has 2 atom stereocenters. The highest BCUT2D eigenvalue weighted by molar-refractivity contribution is 6.31. The Balaban J connectivity index is 2.19. The minimum atomic E-state index is -0.878. The van der Waals surface area contributed by atoms with Gasteiger partial charge in [0, 0.05) is 17.7 Å². The molecule has 1 saturated carbocycles. The topological polar surface area (TPSA) is 29.5 Å². The van der Waals surface area contributed by atoms with Crippen LogP contribution >= 0.6 is 11.6 Å². The summed E-state index contributed by atoms with van der Waals surface area (Å²) in [6.45, 7) is 0. The number of aliphatic hydroxyl groups is 1. The molecule has 0 amide bonds. The van der Waals surface area contributed by atoms with Crippen molar-refractivity contribution < 1.29 is 14.2 Å². The van der Waals surface area contributed by atoms with Gasteiger partial charge in [0.15, 0.2) is 0 Å². The first kappa shape index (κ1) is 14.8. The monoisotopic (exact) mass is 286 g/mol. The van der Waals surface area contributed by atoms with Gasteiger partial charge < -0.3 is 9.84 Å². The van der Waals surface area contributed by atoms with Crippen LogP contribution < -0.4 is 0 Å². The summed E-state index contributed by atoms with van der Waals surface area (Å²) in [5.41, 5.74) is 0.416. The molecule has 2 unspecified atom stereocenters. The van der Waals surface area contributed by atoms with Gasteiger partial charge in [-0.1, -0.05) is 30.9 Å². The van der Waals surface area contributed by atoms with Crippen LogP contribution in [0.4, 0.5) is 4.39 Å². The Morgan fingerprint density at radius 3 is 2.63 bits per heavy atom. The number of halogens is 2. The van der Waals surface area contributed by atoms with Gasteiger partial charge in [0.1, 0.15) is 11.9 Å². The summed E-state index contributed by atoms with van der Waals surface area (Å²) in [6.07, 6.45) is 4.45. The van der Waals surface area contributed by atoms with Crippen molar-refractivity contribution in [1.82, 2.24) is 0 Å². The van der Waals surface area contributed by atoms with Gasteiger partial charge in [0.05, 0.1) is 6.10 Å². The molecule has 1 aromatic rings. The molecular weight excluding hydrogens is 267 g/mol. The molecule has 2 nitrogen and oxygen atoms in total. The number of rotatable bonds is 4. The Hall–Kier alpha value is -0.640. The van der Waals surface area contributed by atoms with E-state index < -0.39 is 11.9 Å². The molecular formula is C15H20ClFO2. The Kier molecular flexibility index (Phi) is 5.20. The maximum atomic E-state index is 13.3. The van der Waals surface area contributed by atoms with E-state index in [1.165, 1.54) is 24.6 Å². The van der Waals surface area contributed by atoms with Crippen LogP contribution in [0.1, 0.15) is 43.8 Å². The van der Waals surface area contributed by atoms with E-state index in [1.54, 1.807) is 7.11 Å². The molecule has 0 radical (unpaired) electrons. The van der Waals surface area contributed by atoms with Crippen LogP contribution in [0.25, 0.3) is 0 Å². The first-order valence-corrected chi connectivity index (χ1v) is 7.17. The SMILES string of the molecule is COC(C1CCCCC1)C(O)c1cc(F)ccc1Cl. The van der Waals surface area contributed by atoms with E-state index in [0.29, 0.717) is 16.5 Å². The van der Waals surface area contributed by atoms with Crippen molar-refractivity contribution in [3.63, 3.8) is 0 Å². The van der Waals surface area contributed by atoms with E-state index in [0.717, 1.165) is 25.7 Å². The van der Waals surface area contributed by atoms with Crippen LogP contribution in [-0.4, -0.2) is 18.3 Å². The Labute approximate surface area is 118 Å². The zero-order valence-corrected chi connectivity index (χ0v) is 11.9. The molecule has 0 aromatic heterocycles. The maximum Gasteiger partial charge on any atom is 0.123 e. The summed E-state index contributed by atoms with van der Waals surface area (Å²) < 4.78 is 18.8. The standard InChI is InChI=1S/C15H20ClFO2/c1-19-15(10-5-3-2-4-6-10)14(18)12-9-11(17)7-8-13(12)16/h7-10,14-15,18H,2-6H2,1H3. The molecule has 0 bridgehead atoms. The molecule has 0 aliphatic heterocycles. The third-order valence-electron chi connectivity index (χ3n) is 3.97. The molecule has 4 heteroatoms. The number of methoxy groups -OCH3 is 1. The quantitative estimate of drug-likeness (QED) is 0.903. The Morgan fingerprint density at radius 1 is 1.32 bits per heavy atom. The first-order valence-electron chi connectivity index (χ1n) is 6.79. The largest absolute Gasteiger partial charge is 0.386 e. The van der Waals surface area contributed by atoms with Gasteiger partial charge in [-0.3, -0.25) is 0 Å². The molecule has 19 heavy (non-hydrogen) atoms. The van der Waals surface area contributed by atoms with Gasteiger partial charge in [0.2, 0.25) is 0 Å². The van der Waals surface area contributed by atoms with Crippen LogP contribution in [0, 0.1) is 11.7 Å². The Morgan fingerprint density at radius 2 is 2.00 bits per heavy atom. The van der Waals surface area contributed by atoms with Crippen molar-refractivity contribution in [2.45, 2.75) is 44.3 Å². The summed E-state index contributed by atoms with van der Waals surface area (Å²) in [5.74, 6) is -0.0787. The fourth-order valence-electron chi connectivity index (χ4n) is 2.96. The molecule has 2 rings (SSSR count). The van der Waals surface area contributed by atoms with Crippen LogP contribution in [0.2, 0.25) is 5.02 Å². The first-order chi connectivity index (χ1) is 9.13. The van der Waals surface area contributed by atoms with Crippen LogP contribution in [-0.2, 0) is 4.74 Å². The minimum Gasteiger partial charge on any atom is -0.386 e. The van der Waals surface area contributed by atoms with Crippen molar-refractivity contribution in [1.29, 1.82) is 0 Å². The average Bonchev–Trinajstić information content (AvgIpc) is 2.43. The highest BCUT2D eigenvalue weighted by atomic mass is 35.5. The molecule has 106 valence electrons. The lowest BCUT2D eigenvalue weighted by Gasteiger charge is -2.32. The second kappa shape index (κ2) is 6.69. The zero-order chi connectivity index (χ0) is 13.8. The molecule has 1 N–H and O–H groups in total. The van der Waals surface area contributed by atoms with Crippen molar-refractivity contribution in [3.8, 4) is 0 Å². The molecule has 0 saturated heterocycles. The fraction of sp³-hybridized carbons (Fsp3) is 0.600. The average molecular weight is 287 g/mol. The lowest BCUT2D eigenvalue weighted by molar-refractivity contribution is -0.0559. The lowest BCUT2D eigenvalue weighted by atomic mass is 9.82. The van der Waals surface area contributed by atoms with Gasteiger partial charge in [-0.25, -0.2) is 4.39 Å². The number of ether oxygens (including phenoxy) is 1. The summed E-state index contributed by atoms with van der Waals surface area (Å²) in [6, 6.07) is 4.06. The van der Waals surface area contributed by atoms with Gasteiger partial charge in [0.25, 0.3) is 0 Å². The van der Waals surface area contributed by atoms with Gasteiger partial charge >= 0.3 is 0 Å². The second-order valence-electron chi connectivity index (χ2n) is 5.21. The molecule has 0 spiro atoms. The highest BCUT2D eigenvalue weighted by Gasteiger charge is 2.31. The van der Waals surface area contributed by atoms with Gasteiger partial charge in [-0.05, 0) is 37.0 Å². The van der Waals surface area contributed by atoms with Crippen LogP contribution in [0.5, 0.6) is 0 Å². The van der Waals surface area contributed by atoms with E-state index in [4.69, 9.17) is 16.3 Å². The van der Waals surface area contributed by atoms with Crippen molar-refractivity contribution in [2.24, 2.45) is 5.92 Å². The second-order valence-corrected chi connectivity index (χ2v) is 5.62. The summed E-state index contributed by atoms with van der Waals surface area (Å²) >= 11 is 6.05. The number of hydrogen-bond acceptors (Lipinski definition) is 2. The van der Waals surface area contributed by atoms with Crippen molar-refractivity contribution >= 4 is 11.6 Å². The number of aliphatic hydroxyl groups excluding tert-OH is 1. The summed E-state index contributed by atoms with van der Waals surface area (Å²) in [4.78, 5) is 0. The zero-order valence-electron chi connectivity index (χ0n) is 11.1. The number of hydrogen-bond donors (Lipinski definition) is 1. The van der Waals surface area contributed by atoms with Crippen molar-refractivity contribution in [2.75, 3.05) is 7.11 Å². The summed E-state index contributed by atoms with van der Waals surface area (Å²) in [5, 5.41) is 10.8. The van der Waals surface area contributed by atoms with E-state index in [-0.39, 0.29) is 6.10 Å². The molecule has 1 fully saturated rings. The predicted molar refractivity (Wildman–Crippen MR) is 73.7 cm³/mol. The Bertz CT molecular complexity index is 419. The van der Waals surface area contributed by atoms with E-state index in [2.05, 4.69) is 0 Å². The van der Waals surface area contributed by atoms with E-state index in [1.807, 2.05) is 0 Å². The molecule has 1 aliphatic rings. The van der Waals surface area contributed by atoms with Crippen molar-refractivity contribution in [3.05, 3.63) is 34.6 Å². The van der Waals surface area contributed by atoms with Crippen LogP contribution in [0.3, 0.4) is 0 Å². The minimum absolute atomic E-state index is 0.313. The molecule has 1 aliphatic carbocycles. The fourth-order valence-corrected chi connectivity index (χ4v) is 3.19. The predicted octanol–water partition coefficient (Wildman–Crippen LogP) is 4.11. The van der Waals surface area contributed by atoms with Gasteiger partial charge in [-0.2, -0.15) is 0 Å². The molecule has 1 aromatic carbocycles. The highest BCUT2D eigenvalue weighted by Crippen LogP contribution is 2.36. The normalized spacial score (nSPS) is 20.2. The number of benzene rings is 1. The third kappa shape index (κ3) is 3.47. The lowest BCUT2D eigenvalue weighted by Crippen LogP contribution is -2.31. The smallest absolute Gasteiger partial charge is 0.123 e. The van der Waals surface area contributed by atoms with E-state index in [9.17, 15) is 9.50 Å².